The van der Waals surface area contributed by atoms with Crippen LogP contribution in [0.2, 0.25) is 0 Å². The molecule has 1 aromatic carbocycles. The molecule has 114 valence electrons. The van der Waals surface area contributed by atoms with Gasteiger partial charge in [0, 0.05) is 19.1 Å². The van der Waals surface area contributed by atoms with Crippen molar-refractivity contribution in [1.82, 2.24) is 5.32 Å². The van der Waals surface area contributed by atoms with Crippen LogP contribution in [0.25, 0.3) is 0 Å². The summed E-state index contributed by atoms with van der Waals surface area (Å²) in [4.78, 5) is 2.43. The van der Waals surface area contributed by atoms with Gasteiger partial charge in [0.05, 0.1) is 11.3 Å². The van der Waals surface area contributed by atoms with Gasteiger partial charge in [-0.25, -0.2) is 0 Å². The molecule has 0 spiro atoms. The first kappa shape index (κ1) is 15.9. The zero-order chi connectivity index (χ0) is 15.4. The number of nitriles is 1. The molecule has 21 heavy (non-hydrogen) atoms. The van der Waals surface area contributed by atoms with Crippen LogP contribution in [0.4, 0.5) is 5.69 Å². The van der Waals surface area contributed by atoms with E-state index in [0.717, 1.165) is 30.9 Å². The van der Waals surface area contributed by atoms with E-state index in [1.807, 2.05) is 6.07 Å². The first-order chi connectivity index (χ1) is 10.1. The van der Waals surface area contributed by atoms with Gasteiger partial charge in [-0.1, -0.05) is 26.8 Å². The van der Waals surface area contributed by atoms with Gasteiger partial charge in [0.2, 0.25) is 0 Å². The Morgan fingerprint density at radius 1 is 1.33 bits per heavy atom. The molecule has 1 aromatic rings. The smallest absolute Gasteiger partial charge is 0.101 e. The molecular formula is C18H27N3. The third-order valence-corrected chi connectivity index (χ3v) is 4.67. The third kappa shape index (κ3) is 3.57. The summed E-state index contributed by atoms with van der Waals surface area (Å²) in [6, 6.07) is 9.20. The fourth-order valence-electron chi connectivity index (χ4n) is 3.34. The number of hydrogen-bond donors (Lipinski definition) is 1. The molecule has 0 amide bonds. The van der Waals surface area contributed by atoms with E-state index in [9.17, 15) is 5.26 Å². The van der Waals surface area contributed by atoms with E-state index in [2.05, 4.69) is 56.1 Å². The van der Waals surface area contributed by atoms with E-state index in [-0.39, 0.29) is 0 Å². The van der Waals surface area contributed by atoms with E-state index in [1.165, 1.54) is 12.0 Å². The van der Waals surface area contributed by atoms with Crippen LogP contribution >= 0.6 is 0 Å². The molecule has 0 saturated carbocycles. The molecule has 3 heteroatoms. The van der Waals surface area contributed by atoms with E-state index < -0.39 is 0 Å². The predicted molar refractivity (Wildman–Crippen MR) is 88.3 cm³/mol. The van der Waals surface area contributed by atoms with Crippen molar-refractivity contribution >= 4 is 5.69 Å². The van der Waals surface area contributed by atoms with Crippen molar-refractivity contribution in [2.24, 2.45) is 11.8 Å². The second-order valence-electron chi connectivity index (χ2n) is 6.45. The number of benzene rings is 1. The molecule has 1 aliphatic rings. The first-order valence-electron chi connectivity index (χ1n) is 8.07. The third-order valence-electron chi connectivity index (χ3n) is 4.67. The molecule has 0 aliphatic carbocycles. The molecule has 1 fully saturated rings. The molecule has 1 N–H and O–H groups in total. The zero-order valence-corrected chi connectivity index (χ0v) is 13.7. The van der Waals surface area contributed by atoms with Gasteiger partial charge in [-0.15, -0.1) is 0 Å². The molecule has 1 saturated heterocycles. The number of anilines is 1. The molecule has 0 aromatic heterocycles. The quantitative estimate of drug-likeness (QED) is 0.919. The number of piperidine rings is 1. The Labute approximate surface area is 129 Å². The summed E-state index contributed by atoms with van der Waals surface area (Å²) in [5, 5.41) is 12.8. The fraction of sp³-hybridized carbons (Fsp3) is 0.611. The summed E-state index contributed by atoms with van der Waals surface area (Å²) in [5.41, 5.74) is 3.09. The molecule has 2 rings (SSSR count). The van der Waals surface area contributed by atoms with Crippen LogP contribution in [0.15, 0.2) is 18.2 Å². The average Bonchev–Trinajstić information content (AvgIpc) is 2.48. The van der Waals surface area contributed by atoms with Crippen LogP contribution in [0.3, 0.4) is 0 Å². The largest absolute Gasteiger partial charge is 0.367 e. The summed E-state index contributed by atoms with van der Waals surface area (Å²) < 4.78 is 0. The topological polar surface area (TPSA) is 39.1 Å². The highest BCUT2D eigenvalue weighted by atomic mass is 15.2. The van der Waals surface area contributed by atoms with Crippen LogP contribution < -0.4 is 10.2 Å². The van der Waals surface area contributed by atoms with Crippen molar-refractivity contribution in [3.8, 4) is 6.07 Å². The summed E-state index contributed by atoms with van der Waals surface area (Å²) >= 11 is 0. The Kier molecular flexibility index (Phi) is 5.25. The highest BCUT2D eigenvalue weighted by Crippen LogP contribution is 2.33. The van der Waals surface area contributed by atoms with Gasteiger partial charge in [-0.2, -0.15) is 5.26 Å². The van der Waals surface area contributed by atoms with Crippen molar-refractivity contribution in [2.75, 3.05) is 18.0 Å². The van der Waals surface area contributed by atoms with Gasteiger partial charge in [-0.3, -0.25) is 0 Å². The minimum absolute atomic E-state index is 0.493. The average molecular weight is 285 g/mol. The van der Waals surface area contributed by atoms with Gasteiger partial charge in [0.25, 0.3) is 0 Å². The Morgan fingerprint density at radius 2 is 2.10 bits per heavy atom. The normalized spacial score (nSPS) is 25.7. The molecule has 3 nitrogen and oxygen atoms in total. The van der Waals surface area contributed by atoms with E-state index in [4.69, 9.17) is 0 Å². The highest BCUT2D eigenvalue weighted by molar-refractivity contribution is 5.61. The van der Waals surface area contributed by atoms with E-state index >= 15 is 0 Å². The van der Waals surface area contributed by atoms with Gasteiger partial charge >= 0.3 is 0 Å². The maximum atomic E-state index is 9.52. The Balaban J connectivity index is 2.28. The zero-order valence-electron chi connectivity index (χ0n) is 13.7. The minimum Gasteiger partial charge on any atom is -0.367 e. The van der Waals surface area contributed by atoms with Crippen LogP contribution in [0.1, 0.15) is 45.2 Å². The fourth-order valence-corrected chi connectivity index (χ4v) is 3.34. The molecule has 3 atom stereocenters. The Morgan fingerprint density at radius 3 is 2.76 bits per heavy atom. The van der Waals surface area contributed by atoms with Gasteiger partial charge in [0.1, 0.15) is 6.07 Å². The van der Waals surface area contributed by atoms with Gasteiger partial charge in [-0.05, 0) is 49.4 Å². The predicted octanol–water partition coefficient (Wildman–Crippen LogP) is 3.54. The lowest BCUT2D eigenvalue weighted by atomic mass is 9.85. The Bertz CT molecular complexity index is 518. The molecular weight excluding hydrogens is 258 g/mol. The standard InChI is InChI=1S/C18H27N3/c1-5-20-11-16-6-7-18(17(9-16)10-19)21-12-13(2)8-14(3)15(21)4/h6-7,9,13-15,20H,5,8,11-12H2,1-4H3. The minimum atomic E-state index is 0.493. The van der Waals surface area contributed by atoms with Crippen LogP contribution in [-0.4, -0.2) is 19.1 Å². The number of nitrogens with zero attached hydrogens (tertiary/aromatic N) is 2. The second kappa shape index (κ2) is 6.95. The van der Waals surface area contributed by atoms with Crippen LogP contribution in [0, 0.1) is 23.2 Å². The van der Waals surface area contributed by atoms with Crippen molar-refractivity contribution < 1.29 is 0 Å². The summed E-state index contributed by atoms with van der Waals surface area (Å²) in [7, 11) is 0. The first-order valence-corrected chi connectivity index (χ1v) is 8.07. The SMILES string of the molecule is CCNCc1ccc(N2CC(C)CC(C)C2C)c(C#N)c1. The lowest BCUT2D eigenvalue weighted by Gasteiger charge is -2.43. The van der Waals surface area contributed by atoms with Gasteiger partial charge in [0.15, 0.2) is 0 Å². The van der Waals surface area contributed by atoms with Crippen molar-refractivity contribution in [2.45, 2.75) is 46.7 Å². The van der Waals surface area contributed by atoms with Crippen LogP contribution in [0.5, 0.6) is 0 Å². The van der Waals surface area contributed by atoms with E-state index in [0.29, 0.717) is 17.9 Å². The number of nitrogens with one attached hydrogen (secondary N) is 1. The summed E-state index contributed by atoms with van der Waals surface area (Å²) in [5.74, 6) is 1.35. The van der Waals surface area contributed by atoms with E-state index in [1.54, 1.807) is 0 Å². The van der Waals surface area contributed by atoms with Gasteiger partial charge < -0.3 is 10.2 Å². The molecule has 1 heterocycles. The maximum Gasteiger partial charge on any atom is 0.101 e. The summed E-state index contributed by atoms with van der Waals surface area (Å²) in [6.45, 7) is 11.8. The Hall–Kier alpha value is -1.53. The van der Waals surface area contributed by atoms with Crippen LogP contribution in [-0.2, 0) is 6.54 Å². The summed E-state index contributed by atoms with van der Waals surface area (Å²) in [6.07, 6.45) is 1.28. The molecule has 1 aliphatic heterocycles. The molecule has 0 radical (unpaired) electrons. The lowest BCUT2D eigenvalue weighted by Crippen LogP contribution is -2.46. The van der Waals surface area contributed by atoms with Crippen molar-refractivity contribution in [3.63, 3.8) is 0 Å². The molecule has 3 unspecified atom stereocenters. The maximum absolute atomic E-state index is 9.52. The van der Waals surface area contributed by atoms with Crippen molar-refractivity contribution in [3.05, 3.63) is 29.3 Å². The molecule has 0 bridgehead atoms. The lowest BCUT2D eigenvalue weighted by molar-refractivity contribution is 0.297. The van der Waals surface area contributed by atoms with Crippen molar-refractivity contribution in [1.29, 1.82) is 5.26 Å². The number of rotatable bonds is 4. The highest BCUT2D eigenvalue weighted by Gasteiger charge is 2.30. The number of hydrogen-bond acceptors (Lipinski definition) is 3. The monoisotopic (exact) mass is 285 g/mol. The second-order valence-corrected chi connectivity index (χ2v) is 6.45.